The van der Waals surface area contributed by atoms with Crippen LogP contribution in [0.25, 0.3) is 0 Å². The topological polar surface area (TPSA) is 70.6 Å². The second-order valence-electron chi connectivity index (χ2n) is 6.22. The quantitative estimate of drug-likeness (QED) is 0.392. The predicted molar refractivity (Wildman–Crippen MR) is 72.0 cm³/mol. The summed E-state index contributed by atoms with van der Waals surface area (Å²) < 4.78 is 0. The maximum Gasteiger partial charge on any atom is 0.189 e. The number of nitrogens with one attached hydrogen (secondary N) is 1. The van der Waals surface area contributed by atoms with Gasteiger partial charge in [0.25, 0.3) is 0 Å². The molecule has 0 aromatic carbocycles. The van der Waals surface area contributed by atoms with E-state index in [1.54, 1.807) is 0 Å². The molecule has 0 aromatic heterocycles. The average Bonchev–Trinajstić information content (AvgIpc) is 2.38. The highest BCUT2D eigenvalue weighted by molar-refractivity contribution is 5.78. The van der Waals surface area contributed by atoms with Crippen molar-refractivity contribution >= 4 is 5.96 Å². The molecule has 0 amide bonds. The highest BCUT2D eigenvalue weighted by Gasteiger charge is 2.27. The maximum absolute atomic E-state index is 10.4. The van der Waals surface area contributed by atoms with Gasteiger partial charge in [-0.2, -0.15) is 0 Å². The van der Waals surface area contributed by atoms with Crippen LogP contribution in [0.5, 0.6) is 0 Å². The molecule has 0 radical (unpaired) electrons. The smallest absolute Gasteiger partial charge is 0.189 e. The van der Waals surface area contributed by atoms with Crippen molar-refractivity contribution in [2.45, 2.75) is 70.4 Å². The second kappa shape index (κ2) is 5.71. The van der Waals surface area contributed by atoms with Crippen LogP contribution >= 0.6 is 0 Å². The monoisotopic (exact) mass is 241 g/mol. The molecule has 1 aliphatic rings. The van der Waals surface area contributed by atoms with Gasteiger partial charge in [-0.3, -0.25) is 4.99 Å². The van der Waals surface area contributed by atoms with Crippen molar-refractivity contribution in [3.05, 3.63) is 0 Å². The molecular weight excluding hydrogens is 214 g/mol. The highest BCUT2D eigenvalue weighted by atomic mass is 16.3. The van der Waals surface area contributed by atoms with Crippen molar-refractivity contribution in [2.75, 3.05) is 6.54 Å². The first-order chi connectivity index (χ1) is 7.81. The van der Waals surface area contributed by atoms with Crippen LogP contribution in [0.4, 0.5) is 0 Å². The van der Waals surface area contributed by atoms with Crippen molar-refractivity contribution in [3.63, 3.8) is 0 Å². The Morgan fingerprint density at radius 3 is 2.24 bits per heavy atom. The maximum atomic E-state index is 10.4. The van der Waals surface area contributed by atoms with Crippen LogP contribution in [0.1, 0.15) is 59.3 Å². The lowest BCUT2D eigenvalue weighted by atomic mass is 9.95. The van der Waals surface area contributed by atoms with Crippen LogP contribution in [0.3, 0.4) is 0 Å². The number of rotatable bonds is 2. The number of nitrogens with zero attached hydrogens (tertiary/aromatic N) is 1. The summed E-state index contributed by atoms with van der Waals surface area (Å²) in [5.74, 6) is 0.426. The van der Waals surface area contributed by atoms with Crippen molar-refractivity contribution in [3.8, 4) is 0 Å². The first-order valence-corrected chi connectivity index (χ1v) is 6.61. The van der Waals surface area contributed by atoms with E-state index in [4.69, 9.17) is 5.73 Å². The van der Waals surface area contributed by atoms with Crippen LogP contribution in [0.15, 0.2) is 4.99 Å². The van der Waals surface area contributed by atoms with E-state index in [1.807, 2.05) is 20.8 Å². The molecule has 0 aliphatic heterocycles. The second-order valence-corrected chi connectivity index (χ2v) is 6.22. The third-order valence-electron chi connectivity index (χ3n) is 3.08. The van der Waals surface area contributed by atoms with Gasteiger partial charge in [-0.1, -0.05) is 25.7 Å². The summed E-state index contributed by atoms with van der Waals surface area (Å²) in [6.45, 7) is 6.53. The Morgan fingerprint density at radius 1 is 1.24 bits per heavy atom. The van der Waals surface area contributed by atoms with Crippen LogP contribution in [-0.4, -0.2) is 28.8 Å². The fourth-order valence-electron chi connectivity index (χ4n) is 2.20. The third-order valence-corrected chi connectivity index (χ3v) is 3.08. The number of aliphatic hydroxyl groups is 1. The average molecular weight is 241 g/mol. The van der Waals surface area contributed by atoms with Gasteiger partial charge in [0.15, 0.2) is 5.96 Å². The largest absolute Gasteiger partial charge is 0.388 e. The first kappa shape index (κ1) is 14.3. The van der Waals surface area contributed by atoms with E-state index in [9.17, 15) is 5.11 Å². The van der Waals surface area contributed by atoms with Crippen LogP contribution < -0.4 is 11.1 Å². The van der Waals surface area contributed by atoms with Gasteiger partial charge >= 0.3 is 0 Å². The molecule has 0 aromatic rings. The molecule has 4 heteroatoms. The number of aliphatic imine (C=N–C) groups is 1. The summed E-state index contributed by atoms with van der Waals surface area (Å²) in [7, 11) is 0. The van der Waals surface area contributed by atoms with Crippen molar-refractivity contribution in [2.24, 2.45) is 10.7 Å². The Balaban J connectivity index is 2.49. The molecule has 1 saturated carbocycles. The van der Waals surface area contributed by atoms with Gasteiger partial charge in [0.2, 0.25) is 0 Å². The Hall–Kier alpha value is -0.770. The van der Waals surface area contributed by atoms with E-state index >= 15 is 0 Å². The molecule has 0 bridgehead atoms. The fourth-order valence-corrected chi connectivity index (χ4v) is 2.20. The summed E-state index contributed by atoms with van der Waals surface area (Å²) in [6, 6.07) is 0. The van der Waals surface area contributed by atoms with Crippen molar-refractivity contribution < 1.29 is 5.11 Å². The van der Waals surface area contributed by atoms with Crippen LogP contribution in [-0.2, 0) is 0 Å². The van der Waals surface area contributed by atoms with E-state index < -0.39 is 5.60 Å². The summed E-state index contributed by atoms with van der Waals surface area (Å²) in [4.78, 5) is 4.28. The highest BCUT2D eigenvalue weighted by Crippen LogP contribution is 2.27. The van der Waals surface area contributed by atoms with E-state index in [0.29, 0.717) is 12.5 Å². The molecule has 0 atom stereocenters. The Labute approximate surface area is 105 Å². The zero-order chi connectivity index (χ0) is 12.9. The summed E-state index contributed by atoms with van der Waals surface area (Å²) in [5, 5.41) is 13.5. The minimum Gasteiger partial charge on any atom is -0.388 e. The van der Waals surface area contributed by atoms with Gasteiger partial charge in [-0.15, -0.1) is 0 Å². The molecule has 0 unspecified atom stereocenters. The SMILES string of the molecule is CC(C)(C)NC(N)=NCC1(O)CCCCCC1. The van der Waals surface area contributed by atoms with Gasteiger partial charge < -0.3 is 16.2 Å². The molecule has 4 N–H and O–H groups in total. The molecule has 0 spiro atoms. The van der Waals surface area contributed by atoms with Gasteiger partial charge in [0.1, 0.15) is 0 Å². The zero-order valence-corrected chi connectivity index (χ0v) is 11.4. The van der Waals surface area contributed by atoms with Gasteiger partial charge in [-0.25, -0.2) is 0 Å². The summed E-state index contributed by atoms with van der Waals surface area (Å²) in [6.07, 6.45) is 6.33. The molecule has 100 valence electrons. The molecule has 0 saturated heterocycles. The lowest BCUT2D eigenvalue weighted by molar-refractivity contribution is 0.0343. The minimum absolute atomic E-state index is 0.0837. The van der Waals surface area contributed by atoms with Crippen molar-refractivity contribution in [1.29, 1.82) is 0 Å². The van der Waals surface area contributed by atoms with Crippen LogP contribution in [0, 0.1) is 0 Å². The van der Waals surface area contributed by atoms with Gasteiger partial charge in [0.05, 0.1) is 12.1 Å². The standard InChI is InChI=1S/C13H27N3O/c1-12(2,3)16-11(14)15-10-13(17)8-6-4-5-7-9-13/h17H,4-10H2,1-3H3,(H3,14,15,16). The third kappa shape index (κ3) is 5.91. The Morgan fingerprint density at radius 2 is 1.76 bits per heavy atom. The number of hydrogen-bond acceptors (Lipinski definition) is 2. The normalized spacial score (nSPS) is 22.0. The summed E-state index contributed by atoms with van der Waals surface area (Å²) >= 11 is 0. The number of guanidine groups is 1. The summed E-state index contributed by atoms with van der Waals surface area (Å²) in [5.41, 5.74) is 5.08. The number of hydrogen-bond donors (Lipinski definition) is 3. The molecule has 1 fully saturated rings. The zero-order valence-electron chi connectivity index (χ0n) is 11.4. The molecule has 4 nitrogen and oxygen atoms in total. The lowest BCUT2D eigenvalue weighted by Crippen LogP contribution is -2.46. The Kier molecular flexibility index (Phi) is 4.80. The van der Waals surface area contributed by atoms with E-state index in [-0.39, 0.29) is 5.54 Å². The van der Waals surface area contributed by atoms with Crippen LogP contribution in [0.2, 0.25) is 0 Å². The van der Waals surface area contributed by atoms with E-state index in [1.165, 1.54) is 12.8 Å². The van der Waals surface area contributed by atoms with E-state index in [2.05, 4.69) is 10.3 Å². The Bertz CT molecular complexity index is 260. The van der Waals surface area contributed by atoms with E-state index in [0.717, 1.165) is 25.7 Å². The van der Waals surface area contributed by atoms with Gasteiger partial charge in [-0.05, 0) is 33.6 Å². The molecular formula is C13H27N3O. The first-order valence-electron chi connectivity index (χ1n) is 6.61. The molecule has 1 aliphatic carbocycles. The minimum atomic E-state index is -0.638. The molecule has 0 heterocycles. The molecule has 17 heavy (non-hydrogen) atoms. The number of nitrogens with two attached hydrogens (primary N) is 1. The fraction of sp³-hybridized carbons (Fsp3) is 0.923. The lowest BCUT2D eigenvalue weighted by Gasteiger charge is -2.26. The molecule has 1 rings (SSSR count). The predicted octanol–water partition coefficient (Wildman–Crippen LogP) is 1.77. The van der Waals surface area contributed by atoms with Gasteiger partial charge in [0, 0.05) is 5.54 Å². The van der Waals surface area contributed by atoms with Crippen molar-refractivity contribution in [1.82, 2.24) is 5.32 Å².